The Morgan fingerprint density at radius 2 is 1.68 bits per heavy atom. The molecule has 0 aliphatic heterocycles. The molecule has 0 bridgehead atoms. The van der Waals surface area contributed by atoms with Crippen molar-refractivity contribution in [3.8, 4) is 10.6 Å². The van der Waals surface area contributed by atoms with Crippen LogP contribution in [0.2, 0.25) is 5.02 Å². The van der Waals surface area contributed by atoms with Crippen LogP contribution in [0.4, 0.5) is 5.69 Å². The van der Waals surface area contributed by atoms with Gasteiger partial charge in [0, 0.05) is 11.3 Å². The Labute approximate surface area is 176 Å². The molecule has 4 rings (SSSR count). The number of para-hydroxylation sites is 1. The molecule has 28 heavy (non-hydrogen) atoms. The topological polar surface area (TPSA) is 54.0 Å². The van der Waals surface area contributed by atoms with Gasteiger partial charge in [-0.2, -0.15) is 0 Å². The van der Waals surface area contributed by atoms with Gasteiger partial charge in [-0.05, 0) is 60.7 Å². The molecule has 7 heteroatoms. The first-order chi connectivity index (χ1) is 13.6. The maximum Gasteiger partial charge on any atom is 0.258 e. The van der Waals surface area contributed by atoms with Crippen molar-refractivity contribution in [2.75, 3.05) is 5.32 Å². The molecule has 0 radical (unpaired) electrons. The lowest BCUT2D eigenvalue weighted by Crippen LogP contribution is -2.34. The molecule has 0 saturated carbocycles. The van der Waals surface area contributed by atoms with Gasteiger partial charge in [0.15, 0.2) is 5.11 Å². The summed E-state index contributed by atoms with van der Waals surface area (Å²) in [5.74, 6) is -0.353. The number of aromatic nitrogens is 1. The molecule has 4 nitrogen and oxygen atoms in total. The fourth-order valence-corrected chi connectivity index (χ4v) is 4.07. The largest absolute Gasteiger partial charge is 0.332 e. The lowest BCUT2D eigenvalue weighted by molar-refractivity contribution is 0.0978. The van der Waals surface area contributed by atoms with Gasteiger partial charge >= 0.3 is 0 Å². The molecular formula is C21H14ClN3OS2. The molecule has 4 aromatic rings. The summed E-state index contributed by atoms with van der Waals surface area (Å²) in [4.78, 5) is 16.9. The molecule has 0 atom stereocenters. The minimum Gasteiger partial charge on any atom is -0.332 e. The van der Waals surface area contributed by atoms with E-state index in [1.54, 1.807) is 35.6 Å². The SMILES string of the molecule is O=C(NC(=S)Nc1ccc(-c2nc3ccccc3s2)cc1)c1ccccc1Cl. The van der Waals surface area contributed by atoms with Crippen LogP contribution in [-0.4, -0.2) is 16.0 Å². The zero-order valence-electron chi connectivity index (χ0n) is 14.5. The fraction of sp³-hybridized carbons (Fsp3) is 0. The van der Waals surface area contributed by atoms with Gasteiger partial charge in [0.25, 0.3) is 5.91 Å². The predicted molar refractivity (Wildman–Crippen MR) is 120 cm³/mol. The number of nitrogens with one attached hydrogen (secondary N) is 2. The third kappa shape index (κ3) is 4.04. The molecule has 0 fully saturated rings. The highest BCUT2D eigenvalue weighted by Crippen LogP contribution is 2.30. The van der Waals surface area contributed by atoms with Crippen LogP contribution in [0, 0.1) is 0 Å². The molecule has 1 aromatic heterocycles. The average Bonchev–Trinajstić information content (AvgIpc) is 3.13. The highest BCUT2D eigenvalue weighted by Gasteiger charge is 2.11. The van der Waals surface area contributed by atoms with Crippen molar-refractivity contribution in [1.82, 2.24) is 10.3 Å². The predicted octanol–water partition coefficient (Wildman–Crippen LogP) is 5.74. The lowest BCUT2D eigenvalue weighted by Gasteiger charge is -2.10. The van der Waals surface area contributed by atoms with Crippen molar-refractivity contribution >= 4 is 62.1 Å². The van der Waals surface area contributed by atoms with Crippen molar-refractivity contribution in [2.45, 2.75) is 0 Å². The second kappa shape index (κ2) is 8.06. The number of rotatable bonds is 3. The standard InChI is InChI=1S/C21H14ClN3OS2/c22-16-6-2-1-5-15(16)19(26)25-21(27)23-14-11-9-13(10-12-14)20-24-17-7-3-4-8-18(17)28-20/h1-12H,(H2,23,25,26,27). The van der Waals surface area contributed by atoms with Crippen LogP contribution < -0.4 is 10.6 Å². The van der Waals surface area contributed by atoms with E-state index >= 15 is 0 Å². The van der Waals surface area contributed by atoms with Crippen molar-refractivity contribution in [3.05, 3.63) is 83.4 Å². The van der Waals surface area contributed by atoms with Crippen LogP contribution in [0.25, 0.3) is 20.8 Å². The van der Waals surface area contributed by atoms with E-state index in [-0.39, 0.29) is 11.0 Å². The van der Waals surface area contributed by atoms with Gasteiger partial charge in [0.05, 0.1) is 20.8 Å². The first kappa shape index (κ1) is 18.6. The summed E-state index contributed by atoms with van der Waals surface area (Å²) in [5, 5.41) is 7.19. The number of halogens is 1. The molecule has 0 saturated heterocycles. The van der Waals surface area contributed by atoms with E-state index in [0.717, 1.165) is 26.5 Å². The van der Waals surface area contributed by atoms with Gasteiger partial charge in [-0.15, -0.1) is 11.3 Å². The van der Waals surface area contributed by atoms with E-state index < -0.39 is 0 Å². The maximum absolute atomic E-state index is 12.3. The Morgan fingerprint density at radius 3 is 2.43 bits per heavy atom. The Morgan fingerprint density at radius 1 is 0.964 bits per heavy atom. The monoisotopic (exact) mass is 423 g/mol. The fourth-order valence-electron chi connectivity index (χ4n) is 2.67. The van der Waals surface area contributed by atoms with Gasteiger partial charge in [-0.1, -0.05) is 35.9 Å². The highest BCUT2D eigenvalue weighted by molar-refractivity contribution is 7.80. The van der Waals surface area contributed by atoms with Crippen LogP contribution >= 0.6 is 35.2 Å². The van der Waals surface area contributed by atoms with Crippen LogP contribution in [0.1, 0.15) is 10.4 Å². The number of thiocarbonyl (C=S) groups is 1. The van der Waals surface area contributed by atoms with Crippen LogP contribution in [0.5, 0.6) is 0 Å². The van der Waals surface area contributed by atoms with Crippen molar-refractivity contribution in [3.63, 3.8) is 0 Å². The zero-order valence-corrected chi connectivity index (χ0v) is 16.9. The van der Waals surface area contributed by atoms with Gasteiger partial charge < -0.3 is 5.32 Å². The minimum atomic E-state index is -0.353. The number of nitrogens with zero attached hydrogens (tertiary/aromatic N) is 1. The minimum absolute atomic E-state index is 0.206. The maximum atomic E-state index is 12.3. The van der Waals surface area contributed by atoms with E-state index in [2.05, 4.69) is 21.7 Å². The molecule has 1 heterocycles. The number of hydrogen-bond acceptors (Lipinski definition) is 4. The molecule has 1 amide bonds. The summed E-state index contributed by atoms with van der Waals surface area (Å²) in [6.45, 7) is 0. The van der Waals surface area contributed by atoms with E-state index in [0.29, 0.717) is 10.6 Å². The number of carbonyl (C=O) groups excluding carboxylic acids is 1. The van der Waals surface area contributed by atoms with Crippen molar-refractivity contribution in [2.24, 2.45) is 0 Å². The van der Waals surface area contributed by atoms with Gasteiger partial charge in [-0.25, -0.2) is 4.98 Å². The number of thiazole rings is 1. The van der Waals surface area contributed by atoms with E-state index in [1.165, 1.54) is 0 Å². The Hall–Kier alpha value is -2.80. The quantitative estimate of drug-likeness (QED) is 0.412. The number of hydrogen-bond donors (Lipinski definition) is 2. The highest BCUT2D eigenvalue weighted by atomic mass is 35.5. The normalized spacial score (nSPS) is 10.6. The number of carbonyl (C=O) groups is 1. The first-order valence-corrected chi connectivity index (χ1v) is 10.0. The van der Waals surface area contributed by atoms with Gasteiger partial charge in [0.2, 0.25) is 0 Å². The lowest BCUT2D eigenvalue weighted by atomic mass is 10.2. The molecule has 0 aliphatic carbocycles. The third-order valence-corrected chi connectivity index (χ3v) is 5.65. The van der Waals surface area contributed by atoms with Crippen LogP contribution in [-0.2, 0) is 0 Å². The van der Waals surface area contributed by atoms with E-state index in [9.17, 15) is 4.79 Å². The van der Waals surface area contributed by atoms with Crippen molar-refractivity contribution in [1.29, 1.82) is 0 Å². The number of amides is 1. The summed E-state index contributed by atoms with van der Waals surface area (Å²) in [7, 11) is 0. The summed E-state index contributed by atoms with van der Waals surface area (Å²) in [6.07, 6.45) is 0. The smallest absolute Gasteiger partial charge is 0.258 e. The zero-order chi connectivity index (χ0) is 19.5. The summed E-state index contributed by atoms with van der Waals surface area (Å²) in [5.41, 5.74) is 3.17. The third-order valence-electron chi connectivity index (χ3n) is 4.03. The molecule has 3 aromatic carbocycles. The number of anilines is 1. The molecule has 0 aliphatic rings. The van der Waals surface area contributed by atoms with Crippen molar-refractivity contribution < 1.29 is 4.79 Å². The van der Waals surface area contributed by atoms with E-state index in [1.807, 2.05) is 42.5 Å². The summed E-state index contributed by atoms with van der Waals surface area (Å²) < 4.78 is 1.16. The first-order valence-electron chi connectivity index (χ1n) is 8.43. The Balaban J connectivity index is 1.43. The molecule has 0 unspecified atom stereocenters. The summed E-state index contributed by atoms with van der Waals surface area (Å²) >= 11 is 12.9. The van der Waals surface area contributed by atoms with Gasteiger partial charge in [-0.3, -0.25) is 10.1 Å². The number of benzene rings is 3. The second-order valence-corrected chi connectivity index (χ2v) is 7.80. The molecule has 2 N–H and O–H groups in total. The van der Waals surface area contributed by atoms with E-state index in [4.69, 9.17) is 23.8 Å². The Kier molecular flexibility index (Phi) is 5.34. The average molecular weight is 424 g/mol. The molecule has 138 valence electrons. The van der Waals surface area contributed by atoms with Crippen LogP contribution in [0.3, 0.4) is 0 Å². The second-order valence-electron chi connectivity index (χ2n) is 5.95. The van der Waals surface area contributed by atoms with Crippen LogP contribution in [0.15, 0.2) is 72.8 Å². The molecule has 0 spiro atoms. The summed E-state index contributed by atoms with van der Waals surface area (Å²) in [6, 6.07) is 22.6. The Bertz CT molecular complexity index is 1140. The van der Waals surface area contributed by atoms with Gasteiger partial charge in [0.1, 0.15) is 5.01 Å². The molecular weight excluding hydrogens is 410 g/mol. The number of fused-ring (bicyclic) bond motifs is 1.